The molecule has 0 spiro atoms. The molecule has 1 fully saturated rings. The Bertz CT molecular complexity index is 1480. The van der Waals surface area contributed by atoms with Crippen LogP contribution in [0.3, 0.4) is 0 Å². The van der Waals surface area contributed by atoms with Crippen molar-refractivity contribution < 1.29 is 32.2 Å². The molecule has 3 aromatic rings. The van der Waals surface area contributed by atoms with Crippen molar-refractivity contribution in [1.82, 2.24) is 10.7 Å². The first-order valence-corrected chi connectivity index (χ1v) is 14.9. The maximum Gasteiger partial charge on any atom is 0.264 e. The van der Waals surface area contributed by atoms with Gasteiger partial charge in [0.1, 0.15) is 18.0 Å². The number of hydrogen-bond acceptors (Lipinski definition) is 8. The maximum atomic E-state index is 13.5. The molecule has 0 bridgehead atoms. The zero-order valence-corrected chi connectivity index (χ0v) is 24.4. The summed E-state index contributed by atoms with van der Waals surface area (Å²) in [7, 11) is -2.64. The van der Waals surface area contributed by atoms with Gasteiger partial charge in [-0.05, 0) is 91.2 Å². The van der Waals surface area contributed by atoms with E-state index < -0.39 is 22.5 Å². The van der Waals surface area contributed by atoms with Crippen LogP contribution in [-0.4, -0.2) is 66.0 Å². The Kier molecular flexibility index (Phi) is 10.8. The van der Waals surface area contributed by atoms with Crippen molar-refractivity contribution in [3.05, 3.63) is 83.4 Å². The summed E-state index contributed by atoms with van der Waals surface area (Å²) in [5.41, 5.74) is 3.26. The molecule has 2 N–H and O–H groups in total. The van der Waals surface area contributed by atoms with Gasteiger partial charge in [0.05, 0.1) is 30.0 Å². The number of carbonyl (C=O) groups excluding carboxylic acids is 2. The highest BCUT2D eigenvalue weighted by Gasteiger charge is 2.27. The van der Waals surface area contributed by atoms with E-state index >= 15 is 0 Å². The zero-order valence-electron chi connectivity index (χ0n) is 22.9. The summed E-state index contributed by atoms with van der Waals surface area (Å²) in [6.45, 7) is 0.535. The van der Waals surface area contributed by atoms with Crippen LogP contribution in [0.25, 0.3) is 0 Å². The lowest BCUT2D eigenvalue weighted by Gasteiger charge is -2.23. The van der Waals surface area contributed by atoms with Crippen LogP contribution in [0.1, 0.15) is 18.4 Å². The Morgan fingerprint density at radius 3 is 2.36 bits per heavy atom. The monoisotopic (exact) mass is 614 g/mol. The van der Waals surface area contributed by atoms with E-state index in [-0.39, 0.29) is 29.2 Å². The van der Waals surface area contributed by atoms with E-state index in [4.69, 9.17) is 25.8 Å². The van der Waals surface area contributed by atoms with E-state index in [1.54, 1.807) is 24.3 Å². The molecule has 0 aliphatic carbocycles. The maximum absolute atomic E-state index is 13.5. The molecule has 0 unspecified atom stereocenters. The normalized spacial score (nSPS) is 14.9. The third-order valence-corrected chi connectivity index (χ3v) is 8.29. The second kappa shape index (κ2) is 14.7. The summed E-state index contributed by atoms with van der Waals surface area (Å²) < 4.78 is 44.0. The minimum absolute atomic E-state index is 0.0165. The number of hydrogen-bond donors (Lipinski definition) is 2. The van der Waals surface area contributed by atoms with Crippen molar-refractivity contribution in [2.24, 2.45) is 5.10 Å². The van der Waals surface area contributed by atoms with E-state index in [1.165, 1.54) is 61.9 Å². The minimum atomic E-state index is -4.12. The summed E-state index contributed by atoms with van der Waals surface area (Å²) in [4.78, 5) is 24.7. The molecule has 11 nitrogen and oxygen atoms in total. The fourth-order valence-electron chi connectivity index (χ4n) is 4.02. The van der Waals surface area contributed by atoms with E-state index in [9.17, 15) is 18.0 Å². The van der Waals surface area contributed by atoms with Gasteiger partial charge in [-0.2, -0.15) is 5.10 Å². The molecule has 1 atom stereocenters. The molecule has 222 valence electrons. The van der Waals surface area contributed by atoms with Gasteiger partial charge in [0.25, 0.3) is 21.8 Å². The average Bonchev–Trinajstić information content (AvgIpc) is 3.53. The Balaban J connectivity index is 1.33. The van der Waals surface area contributed by atoms with Crippen molar-refractivity contribution in [1.29, 1.82) is 0 Å². The summed E-state index contributed by atoms with van der Waals surface area (Å²) in [6, 6.07) is 18.7. The van der Waals surface area contributed by atoms with Gasteiger partial charge in [-0.25, -0.2) is 13.8 Å². The van der Waals surface area contributed by atoms with Gasteiger partial charge in [0, 0.05) is 18.2 Å². The van der Waals surface area contributed by atoms with Gasteiger partial charge < -0.3 is 19.5 Å². The van der Waals surface area contributed by atoms with Crippen LogP contribution in [0.4, 0.5) is 5.69 Å². The first-order valence-electron chi connectivity index (χ1n) is 13.1. The van der Waals surface area contributed by atoms with Crippen LogP contribution in [0.15, 0.2) is 82.8 Å². The largest absolute Gasteiger partial charge is 0.497 e. The fraction of sp³-hybridized carbons (Fsp3) is 0.276. The van der Waals surface area contributed by atoms with Crippen molar-refractivity contribution in [3.8, 4) is 11.5 Å². The molecule has 3 aromatic carbocycles. The lowest BCUT2D eigenvalue weighted by Crippen LogP contribution is -2.39. The third kappa shape index (κ3) is 8.68. The molecule has 1 saturated heterocycles. The Morgan fingerprint density at radius 2 is 1.71 bits per heavy atom. The van der Waals surface area contributed by atoms with Crippen molar-refractivity contribution in [3.63, 3.8) is 0 Å². The number of nitrogens with zero attached hydrogens (tertiary/aromatic N) is 2. The quantitative estimate of drug-likeness (QED) is 0.223. The summed E-state index contributed by atoms with van der Waals surface area (Å²) >= 11 is 5.98. The molecule has 4 rings (SSSR count). The number of hydrazone groups is 1. The molecule has 0 aromatic heterocycles. The number of anilines is 1. The summed E-state index contributed by atoms with van der Waals surface area (Å²) in [6.07, 6.45) is 3.41. The first-order chi connectivity index (χ1) is 20.2. The van der Waals surface area contributed by atoms with Gasteiger partial charge in [0.2, 0.25) is 0 Å². The van der Waals surface area contributed by atoms with Gasteiger partial charge in [-0.1, -0.05) is 11.6 Å². The van der Waals surface area contributed by atoms with E-state index in [0.717, 1.165) is 23.8 Å². The van der Waals surface area contributed by atoms with Crippen LogP contribution in [0.2, 0.25) is 5.02 Å². The Morgan fingerprint density at radius 1 is 1.02 bits per heavy atom. The zero-order chi connectivity index (χ0) is 30.0. The van der Waals surface area contributed by atoms with Gasteiger partial charge in [-0.3, -0.25) is 13.9 Å². The summed E-state index contributed by atoms with van der Waals surface area (Å²) in [5, 5.41) is 7.16. The lowest BCUT2D eigenvalue weighted by molar-refractivity contribution is -0.123. The molecular weight excluding hydrogens is 584 g/mol. The fourth-order valence-corrected chi connectivity index (χ4v) is 5.57. The standard InChI is InChI=1S/C29H31ClN4O7S/c1-39-24-12-14-27(15-13-24)42(37,38)34(23-8-6-22(30)7-9-23)19-28(35)33-32-17-21-4-10-25(11-5-21)41-20-29(36)31-18-26-3-2-16-40-26/h4-15,17,26H,2-3,16,18-20H2,1H3,(H,31,36)(H,33,35)/b32-17-/t26-/m1/s1. The number of halogens is 1. The number of benzene rings is 3. The number of methoxy groups -OCH3 is 1. The second-order valence-corrected chi connectivity index (χ2v) is 11.6. The van der Waals surface area contributed by atoms with E-state index in [1.807, 2.05) is 0 Å². The average molecular weight is 615 g/mol. The lowest BCUT2D eigenvalue weighted by atomic mass is 10.2. The summed E-state index contributed by atoms with van der Waals surface area (Å²) in [5.74, 6) is 0.0906. The van der Waals surface area contributed by atoms with Gasteiger partial charge in [-0.15, -0.1) is 0 Å². The molecule has 13 heteroatoms. The Labute approximate surface area is 249 Å². The van der Waals surface area contributed by atoms with Crippen LogP contribution >= 0.6 is 11.6 Å². The molecule has 2 amide bonds. The number of carbonyl (C=O) groups is 2. The molecule has 0 radical (unpaired) electrons. The topological polar surface area (TPSA) is 136 Å². The van der Waals surface area contributed by atoms with E-state index in [2.05, 4.69) is 15.8 Å². The minimum Gasteiger partial charge on any atom is -0.497 e. The SMILES string of the molecule is COc1ccc(S(=O)(=O)N(CC(=O)N/N=C\c2ccc(OCC(=O)NC[C@H]3CCCO3)cc2)c2ccc(Cl)cc2)cc1. The van der Waals surface area contributed by atoms with Crippen molar-refractivity contribution >= 4 is 45.3 Å². The van der Waals surface area contributed by atoms with Crippen molar-refractivity contribution in [2.45, 2.75) is 23.8 Å². The third-order valence-electron chi connectivity index (χ3n) is 6.25. The number of amides is 2. The van der Waals surface area contributed by atoms with Gasteiger partial charge >= 0.3 is 0 Å². The molecule has 0 saturated carbocycles. The number of rotatable bonds is 13. The Hall–Kier alpha value is -4.13. The molecule has 1 heterocycles. The highest BCUT2D eigenvalue weighted by Crippen LogP contribution is 2.26. The van der Waals surface area contributed by atoms with Crippen molar-refractivity contribution in [2.75, 3.05) is 37.7 Å². The highest BCUT2D eigenvalue weighted by molar-refractivity contribution is 7.92. The number of sulfonamides is 1. The van der Waals surface area contributed by atoms with Gasteiger partial charge in [0.15, 0.2) is 6.61 Å². The highest BCUT2D eigenvalue weighted by atomic mass is 35.5. The second-order valence-electron chi connectivity index (χ2n) is 9.25. The molecule has 1 aliphatic heterocycles. The molecule has 42 heavy (non-hydrogen) atoms. The van der Waals surface area contributed by atoms with E-state index in [0.29, 0.717) is 28.6 Å². The molecule has 1 aliphatic rings. The van der Waals surface area contributed by atoms with Crippen LogP contribution in [-0.2, 0) is 24.3 Å². The van der Waals surface area contributed by atoms with Crippen LogP contribution in [0.5, 0.6) is 11.5 Å². The smallest absolute Gasteiger partial charge is 0.264 e. The predicted molar refractivity (Wildman–Crippen MR) is 159 cm³/mol. The predicted octanol–water partition coefficient (Wildman–Crippen LogP) is 3.37. The first kappa shape index (κ1) is 30.8. The van der Waals surface area contributed by atoms with Crippen LogP contribution < -0.4 is 24.5 Å². The van der Waals surface area contributed by atoms with Crippen LogP contribution in [0, 0.1) is 0 Å². The molecular formula is C29H31ClN4O7S. The number of nitrogens with one attached hydrogen (secondary N) is 2. The number of ether oxygens (including phenoxy) is 3.